The van der Waals surface area contributed by atoms with Gasteiger partial charge in [0, 0.05) is 12.0 Å². The van der Waals surface area contributed by atoms with Crippen molar-refractivity contribution in [3.8, 4) is 0 Å². The van der Waals surface area contributed by atoms with Crippen LogP contribution in [0.2, 0.25) is 5.02 Å². The zero-order chi connectivity index (χ0) is 14.3. The Balaban J connectivity index is 0.00000137. The Bertz CT molecular complexity index is 393. The molecule has 0 aliphatic rings. The number of carbonyl (C=O) groups excluding carboxylic acids is 1. The largest absolute Gasteiger partial charge is 0.328 e. The minimum atomic E-state index is -0.505. The van der Waals surface area contributed by atoms with E-state index in [9.17, 15) is 9.18 Å². The van der Waals surface area contributed by atoms with E-state index in [1.807, 2.05) is 20.8 Å². The molecule has 0 amide bonds. The molecular weight excluding hydrogens is 253 g/mol. The number of halogens is 2. The van der Waals surface area contributed by atoms with E-state index < -0.39 is 5.82 Å². The summed E-state index contributed by atoms with van der Waals surface area (Å²) in [5.74, 6) is -0.874. The van der Waals surface area contributed by atoms with Gasteiger partial charge in [-0.1, -0.05) is 31.5 Å². The van der Waals surface area contributed by atoms with Crippen LogP contribution in [0.1, 0.15) is 45.6 Å². The molecule has 2 atom stereocenters. The maximum absolute atomic E-state index is 13.3. The molecule has 2 nitrogen and oxygen atoms in total. The minimum Gasteiger partial charge on any atom is -0.328 e. The molecule has 0 heterocycles. The van der Waals surface area contributed by atoms with Gasteiger partial charge in [0.2, 0.25) is 0 Å². The highest BCUT2D eigenvalue weighted by Gasteiger charge is 2.19. The fraction of sp³-hybridized carbons (Fsp3) is 0.500. The molecular formula is C14H21ClFNO. The summed E-state index contributed by atoms with van der Waals surface area (Å²) in [6.07, 6.45) is 0.510. The van der Waals surface area contributed by atoms with Crippen LogP contribution in [-0.2, 0) is 4.79 Å². The van der Waals surface area contributed by atoms with Crippen LogP contribution in [-0.4, -0.2) is 11.8 Å². The van der Waals surface area contributed by atoms with Gasteiger partial charge in [0.25, 0.3) is 0 Å². The third kappa shape index (κ3) is 5.15. The maximum atomic E-state index is 13.3. The SMILES string of the molecule is CC.CC(=O)C(CC(C)N)c1ccc(Cl)c(F)c1. The van der Waals surface area contributed by atoms with Crippen LogP contribution >= 0.6 is 11.6 Å². The second kappa shape index (κ2) is 8.22. The molecule has 18 heavy (non-hydrogen) atoms. The normalized spacial score (nSPS) is 13.3. The smallest absolute Gasteiger partial charge is 0.142 e. The summed E-state index contributed by atoms with van der Waals surface area (Å²) in [6, 6.07) is 4.33. The lowest BCUT2D eigenvalue weighted by Gasteiger charge is -2.16. The molecule has 1 aromatic rings. The zero-order valence-corrected chi connectivity index (χ0v) is 12.1. The minimum absolute atomic E-state index is 0.0148. The molecule has 4 heteroatoms. The van der Waals surface area contributed by atoms with Crippen molar-refractivity contribution in [3.05, 3.63) is 34.6 Å². The first-order chi connectivity index (χ1) is 8.41. The predicted octanol–water partition coefficient (Wildman–Crippen LogP) is 3.92. The lowest BCUT2D eigenvalue weighted by atomic mass is 9.90. The van der Waals surface area contributed by atoms with E-state index in [0.717, 1.165) is 0 Å². The highest BCUT2D eigenvalue weighted by atomic mass is 35.5. The van der Waals surface area contributed by atoms with Crippen LogP contribution in [0.3, 0.4) is 0 Å². The van der Waals surface area contributed by atoms with Crippen molar-refractivity contribution >= 4 is 17.4 Å². The Kier molecular flexibility index (Phi) is 7.80. The summed E-state index contributed by atoms with van der Waals surface area (Å²) in [5.41, 5.74) is 6.30. The van der Waals surface area contributed by atoms with Crippen LogP contribution < -0.4 is 5.73 Å². The predicted molar refractivity (Wildman–Crippen MR) is 74.4 cm³/mol. The fourth-order valence-corrected chi connectivity index (χ4v) is 1.76. The van der Waals surface area contributed by atoms with Gasteiger partial charge >= 0.3 is 0 Å². The number of hydrogen-bond donors (Lipinski definition) is 1. The van der Waals surface area contributed by atoms with E-state index in [0.29, 0.717) is 12.0 Å². The van der Waals surface area contributed by atoms with Crippen molar-refractivity contribution in [1.29, 1.82) is 0 Å². The average Bonchev–Trinajstić information content (AvgIpc) is 2.32. The third-order valence-corrected chi connectivity index (χ3v) is 2.75. The van der Waals surface area contributed by atoms with Gasteiger partial charge < -0.3 is 5.73 Å². The van der Waals surface area contributed by atoms with Crippen molar-refractivity contribution in [1.82, 2.24) is 0 Å². The molecule has 0 saturated heterocycles. The highest BCUT2D eigenvalue weighted by Crippen LogP contribution is 2.25. The topological polar surface area (TPSA) is 43.1 Å². The molecule has 2 N–H and O–H groups in total. The number of rotatable bonds is 4. The Hall–Kier alpha value is -0.930. The first kappa shape index (κ1) is 17.1. The fourth-order valence-electron chi connectivity index (χ4n) is 1.64. The zero-order valence-electron chi connectivity index (χ0n) is 11.3. The molecule has 1 aromatic carbocycles. The van der Waals surface area contributed by atoms with Gasteiger partial charge in [-0.25, -0.2) is 4.39 Å². The highest BCUT2D eigenvalue weighted by molar-refractivity contribution is 6.30. The first-order valence-electron chi connectivity index (χ1n) is 6.12. The molecule has 1 rings (SSSR count). The van der Waals surface area contributed by atoms with Crippen LogP contribution in [0.25, 0.3) is 0 Å². The monoisotopic (exact) mass is 273 g/mol. The Morgan fingerprint density at radius 2 is 2.00 bits per heavy atom. The summed E-state index contributed by atoms with van der Waals surface area (Å²) in [5, 5.41) is 0.0619. The van der Waals surface area contributed by atoms with Gasteiger partial charge in [-0.2, -0.15) is 0 Å². The van der Waals surface area contributed by atoms with Crippen LogP contribution in [0.4, 0.5) is 4.39 Å². The Morgan fingerprint density at radius 3 is 2.39 bits per heavy atom. The van der Waals surface area contributed by atoms with Crippen LogP contribution in [0.15, 0.2) is 18.2 Å². The molecule has 0 aromatic heterocycles. The van der Waals surface area contributed by atoms with Gasteiger partial charge in [-0.05, 0) is 38.0 Å². The van der Waals surface area contributed by atoms with E-state index in [2.05, 4.69) is 0 Å². The van der Waals surface area contributed by atoms with Crippen LogP contribution in [0.5, 0.6) is 0 Å². The lowest BCUT2D eigenvalue weighted by molar-refractivity contribution is -0.118. The first-order valence-corrected chi connectivity index (χ1v) is 6.50. The third-order valence-electron chi connectivity index (χ3n) is 2.44. The Morgan fingerprint density at radius 1 is 1.44 bits per heavy atom. The Labute approximate surface area is 113 Å². The lowest BCUT2D eigenvalue weighted by Crippen LogP contribution is -2.22. The van der Waals surface area contributed by atoms with Gasteiger partial charge in [0.1, 0.15) is 11.6 Å². The van der Waals surface area contributed by atoms with E-state index in [4.69, 9.17) is 17.3 Å². The van der Waals surface area contributed by atoms with Gasteiger partial charge in [0.15, 0.2) is 0 Å². The van der Waals surface area contributed by atoms with Gasteiger partial charge in [0.05, 0.1) is 5.02 Å². The number of Topliss-reactive ketones (excluding diaryl/α,β-unsaturated/α-hetero) is 1. The number of carbonyl (C=O) groups is 1. The van der Waals surface area contributed by atoms with E-state index in [1.54, 1.807) is 6.07 Å². The van der Waals surface area contributed by atoms with Crippen molar-refractivity contribution in [3.63, 3.8) is 0 Å². The quantitative estimate of drug-likeness (QED) is 0.904. The summed E-state index contributed by atoms with van der Waals surface area (Å²) in [7, 11) is 0. The number of nitrogens with two attached hydrogens (primary N) is 1. The maximum Gasteiger partial charge on any atom is 0.142 e. The molecule has 2 unspecified atom stereocenters. The van der Waals surface area contributed by atoms with E-state index in [-0.39, 0.29) is 22.8 Å². The summed E-state index contributed by atoms with van der Waals surface area (Å²) < 4.78 is 13.3. The number of hydrogen-bond acceptors (Lipinski definition) is 2. The molecule has 0 saturated carbocycles. The molecule has 0 bridgehead atoms. The standard InChI is InChI=1S/C12H15ClFNO.C2H6/c1-7(15)5-10(8(2)16)9-3-4-11(13)12(14)6-9;1-2/h3-4,6-7,10H,5,15H2,1-2H3;1-2H3. The van der Waals surface area contributed by atoms with E-state index >= 15 is 0 Å². The second-order valence-electron chi connectivity index (χ2n) is 4.05. The number of benzene rings is 1. The summed E-state index contributed by atoms with van der Waals surface area (Å²) >= 11 is 5.59. The molecule has 0 spiro atoms. The van der Waals surface area contributed by atoms with Crippen molar-refractivity contribution < 1.29 is 9.18 Å². The molecule has 0 aliphatic carbocycles. The summed E-state index contributed by atoms with van der Waals surface area (Å²) in [4.78, 5) is 11.5. The molecule has 0 fully saturated rings. The number of ketones is 1. The van der Waals surface area contributed by atoms with Crippen molar-refractivity contribution in [2.24, 2.45) is 5.73 Å². The average molecular weight is 274 g/mol. The molecule has 102 valence electrons. The summed E-state index contributed by atoms with van der Waals surface area (Å²) in [6.45, 7) is 7.31. The van der Waals surface area contributed by atoms with Crippen LogP contribution in [0, 0.1) is 5.82 Å². The molecule has 0 aliphatic heterocycles. The van der Waals surface area contributed by atoms with E-state index in [1.165, 1.54) is 19.1 Å². The van der Waals surface area contributed by atoms with Crippen molar-refractivity contribution in [2.45, 2.75) is 46.1 Å². The van der Waals surface area contributed by atoms with Crippen molar-refractivity contribution in [2.75, 3.05) is 0 Å². The second-order valence-corrected chi connectivity index (χ2v) is 4.46. The molecule has 0 radical (unpaired) electrons. The van der Waals surface area contributed by atoms with Gasteiger partial charge in [-0.3, -0.25) is 4.79 Å². The van der Waals surface area contributed by atoms with Gasteiger partial charge in [-0.15, -0.1) is 0 Å².